The van der Waals surface area contributed by atoms with E-state index < -0.39 is 0 Å². The number of nitrogens with one attached hydrogen (secondary N) is 1. The zero-order chi connectivity index (χ0) is 20.6. The maximum absolute atomic E-state index is 12.4. The van der Waals surface area contributed by atoms with Crippen molar-refractivity contribution in [3.8, 4) is 0 Å². The number of hydrogen-bond acceptors (Lipinski definition) is 5. The lowest BCUT2D eigenvalue weighted by Crippen LogP contribution is -2.15. The van der Waals surface area contributed by atoms with E-state index in [9.17, 15) is 4.79 Å². The summed E-state index contributed by atoms with van der Waals surface area (Å²) >= 11 is 1.39. The number of benzene rings is 2. The molecule has 0 fully saturated rings. The molecule has 0 spiro atoms. The largest absolute Gasteiger partial charge is 0.383 e. The van der Waals surface area contributed by atoms with Gasteiger partial charge in [-0.2, -0.15) is 0 Å². The highest BCUT2D eigenvalue weighted by Crippen LogP contribution is 2.20. The Balaban J connectivity index is 1.65. The number of methoxy groups -OCH3 is 1. The van der Waals surface area contributed by atoms with E-state index >= 15 is 0 Å². The minimum atomic E-state index is -0.0656. The number of rotatable bonds is 9. The molecule has 0 unspecified atom stereocenters. The van der Waals surface area contributed by atoms with Gasteiger partial charge in [0.15, 0.2) is 5.16 Å². The molecule has 1 heterocycles. The molecule has 0 aliphatic carbocycles. The van der Waals surface area contributed by atoms with Crippen LogP contribution in [0, 0.1) is 13.8 Å². The maximum atomic E-state index is 12.4. The highest BCUT2D eigenvalue weighted by Gasteiger charge is 2.15. The van der Waals surface area contributed by atoms with E-state index in [1.165, 1.54) is 22.9 Å². The molecular formula is C22H26N4O2S. The van der Waals surface area contributed by atoms with Gasteiger partial charge in [-0.3, -0.25) is 4.79 Å². The van der Waals surface area contributed by atoms with Crippen LogP contribution in [0.3, 0.4) is 0 Å². The van der Waals surface area contributed by atoms with Gasteiger partial charge in [0.1, 0.15) is 5.82 Å². The summed E-state index contributed by atoms with van der Waals surface area (Å²) in [6.45, 7) is 5.29. The summed E-state index contributed by atoms with van der Waals surface area (Å²) in [5.41, 5.74) is 4.33. The number of ether oxygens (including phenoxy) is 1. The van der Waals surface area contributed by atoms with E-state index in [4.69, 9.17) is 4.74 Å². The molecule has 6 nitrogen and oxygen atoms in total. The summed E-state index contributed by atoms with van der Waals surface area (Å²) in [5.74, 6) is 1.07. The molecule has 0 atom stereocenters. The van der Waals surface area contributed by atoms with Gasteiger partial charge >= 0.3 is 0 Å². The Hall–Kier alpha value is -2.64. The Morgan fingerprint density at radius 3 is 2.62 bits per heavy atom. The topological polar surface area (TPSA) is 69.0 Å². The molecule has 7 heteroatoms. The number of carbonyl (C=O) groups excluding carboxylic acids is 1. The molecule has 1 aromatic heterocycles. The van der Waals surface area contributed by atoms with Crippen molar-refractivity contribution in [2.75, 3.05) is 24.8 Å². The Morgan fingerprint density at radius 1 is 1.10 bits per heavy atom. The van der Waals surface area contributed by atoms with E-state index in [-0.39, 0.29) is 11.7 Å². The van der Waals surface area contributed by atoms with Gasteiger partial charge in [-0.25, -0.2) is 0 Å². The molecule has 3 rings (SSSR count). The fourth-order valence-electron chi connectivity index (χ4n) is 2.89. The minimum Gasteiger partial charge on any atom is -0.383 e. The number of anilines is 1. The second-order valence-electron chi connectivity index (χ2n) is 6.84. The molecule has 0 saturated heterocycles. The second kappa shape index (κ2) is 10.2. The van der Waals surface area contributed by atoms with Crippen LogP contribution in [-0.4, -0.2) is 40.1 Å². The number of carbonyl (C=O) groups is 1. The van der Waals surface area contributed by atoms with Gasteiger partial charge in [0.25, 0.3) is 0 Å². The average Bonchev–Trinajstić information content (AvgIpc) is 3.09. The lowest BCUT2D eigenvalue weighted by Gasteiger charge is -2.10. The SMILES string of the molecule is COCCn1c(Cc2ccccc2)nnc1SCC(=O)Nc1ccc(C)c(C)c1. The van der Waals surface area contributed by atoms with Gasteiger partial charge in [-0.05, 0) is 42.7 Å². The van der Waals surface area contributed by atoms with Crippen molar-refractivity contribution in [3.05, 3.63) is 71.0 Å². The van der Waals surface area contributed by atoms with Gasteiger partial charge in [-0.15, -0.1) is 10.2 Å². The zero-order valence-corrected chi connectivity index (χ0v) is 17.8. The summed E-state index contributed by atoms with van der Waals surface area (Å²) in [6.07, 6.45) is 0.687. The fourth-order valence-corrected chi connectivity index (χ4v) is 3.67. The number of nitrogens with zero attached hydrogens (tertiary/aromatic N) is 3. The monoisotopic (exact) mass is 410 g/mol. The number of aromatic nitrogens is 3. The first kappa shape index (κ1) is 21.1. The smallest absolute Gasteiger partial charge is 0.234 e. The van der Waals surface area contributed by atoms with E-state index in [1.54, 1.807) is 7.11 Å². The first-order valence-corrected chi connectivity index (χ1v) is 10.5. The lowest BCUT2D eigenvalue weighted by molar-refractivity contribution is -0.113. The van der Waals surface area contributed by atoms with Crippen molar-refractivity contribution in [1.29, 1.82) is 0 Å². The summed E-state index contributed by atoms with van der Waals surface area (Å²) in [4.78, 5) is 12.4. The Kier molecular flexibility index (Phi) is 7.43. The predicted molar refractivity (Wildman–Crippen MR) is 116 cm³/mol. The molecule has 0 radical (unpaired) electrons. The first-order chi connectivity index (χ1) is 14.1. The van der Waals surface area contributed by atoms with Crippen molar-refractivity contribution in [2.24, 2.45) is 0 Å². The number of hydrogen-bond donors (Lipinski definition) is 1. The van der Waals surface area contributed by atoms with E-state index in [1.807, 2.05) is 47.9 Å². The van der Waals surface area contributed by atoms with Crippen LogP contribution in [0.1, 0.15) is 22.5 Å². The lowest BCUT2D eigenvalue weighted by atomic mass is 10.1. The Labute approximate surface area is 175 Å². The standard InChI is InChI=1S/C22H26N4O2S/c1-16-9-10-19(13-17(16)2)23-21(27)15-29-22-25-24-20(26(22)11-12-28-3)14-18-7-5-4-6-8-18/h4-10,13H,11-12,14-15H2,1-3H3,(H,23,27). The third kappa shape index (κ3) is 5.92. The van der Waals surface area contributed by atoms with Crippen LogP contribution >= 0.6 is 11.8 Å². The van der Waals surface area contributed by atoms with Crippen LogP contribution < -0.4 is 5.32 Å². The minimum absolute atomic E-state index is 0.0656. The second-order valence-corrected chi connectivity index (χ2v) is 7.78. The molecule has 1 amide bonds. The van der Waals surface area contributed by atoms with Gasteiger partial charge in [0.2, 0.25) is 5.91 Å². The molecule has 29 heavy (non-hydrogen) atoms. The Morgan fingerprint density at radius 2 is 1.90 bits per heavy atom. The molecule has 3 aromatic rings. The van der Waals surface area contributed by atoms with Crippen molar-refractivity contribution < 1.29 is 9.53 Å². The van der Waals surface area contributed by atoms with Crippen LogP contribution in [0.25, 0.3) is 0 Å². The first-order valence-electron chi connectivity index (χ1n) is 9.51. The zero-order valence-electron chi connectivity index (χ0n) is 17.0. The summed E-state index contributed by atoms with van der Waals surface area (Å²) in [5, 5.41) is 12.3. The molecule has 1 N–H and O–H groups in total. The predicted octanol–water partition coefficient (Wildman–Crippen LogP) is 3.86. The molecule has 0 bridgehead atoms. The van der Waals surface area contributed by atoms with Crippen LogP contribution in [-0.2, 0) is 22.5 Å². The van der Waals surface area contributed by atoms with Crippen LogP contribution in [0.4, 0.5) is 5.69 Å². The van der Waals surface area contributed by atoms with E-state index in [0.29, 0.717) is 19.6 Å². The van der Waals surface area contributed by atoms with Crippen LogP contribution in [0.2, 0.25) is 0 Å². The van der Waals surface area contributed by atoms with Gasteiger partial charge in [-0.1, -0.05) is 48.2 Å². The highest BCUT2D eigenvalue weighted by atomic mass is 32.2. The normalized spacial score (nSPS) is 10.9. The van der Waals surface area contributed by atoms with Crippen LogP contribution in [0.15, 0.2) is 53.7 Å². The van der Waals surface area contributed by atoms with Gasteiger partial charge in [0, 0.05) is 25.8 Å². The average molecular weight is 411 g/mol. The van der Waals surface area contributed by atoms with Crippen molar-refractivity contribution >= 4 is 23.4 Å². The highest BCUT2D eigenvalue weighted by molar-refractivity contribution is 7.99. The quantitative estimate of drug-likeness (QED) is 0.543. The molecule has 0 saturated carbocycles. The molecular weight excluding hydrogens is 384 g/mol. The molecule has 152 valence electrons. The van der Waals surface area contributed by atoms with Gasteiger partial charge in [0.05, 0.1) is 12.4 Å². The molecule has 0 aliphatic heterocycles. The van der Waals surface area contributed by atoms with Crippen molar-refractivity contribution in [1.82, 2.24) is 14.8 Å². The molecule has 0 aliphatic rings. The fraction of sp³-hybridized carbons (Fsp3) is 0.318. The third-order valence-electron chi connectivity index (χ3n) is 4.64. The number of aryl methyl sites for hydroxylation is 2. The van der Waals surface area contributed by atoms with Crippen molar-refractivity contribution in [3.63, 3.8) is 0 Å². The Bertz CT molecular complexity index is 957. The third-order valence-corrected chi connectivity index (χ3v) is 5.61. The number of thioether (sulfide) groups is 1. The summed E-state index contributed by atoms with van der Waals surface area (Å²) < 4.78 is 7.27. The van der Waals surface area contributed by atoms with E-state index in [0.717, 1.165) is 22.2 Å². The summed E-state index contributed by atoms with van der Waals surface area (Å²) in [7, 11) is 1.67. The van der Waals surface area contributed by atoms with Crippen LogP contribution in [0.5, 0.6) is 0 Å². The van der Waals surface area contributed by atoms with Crippen molar-refractivity contribution in [2.45, 2.75) is 32.0 Å². The maximum Gasteiger partial charge on any atom is 0.234 e. The number of amides is 1. The summed E-state index contributed by atoms with van der Waals surface area (Å²) in [6, 6.07) is 16.1. The van der Waals surface area contributed by atoms with Gasteiger partial charge < -0.3 is 14.6 Å². The molecule has 2 aromatic carbocycles. The van der Waals surface area contributed by atoms with E-state index in [2.05, 4.69) is 34.6 Å².